The van der Waals surface area contributed by atoms with E-state index in [2.05, 4.69) is 4.99 Å². The standard InChI is InChI=1S/C12H10N2O3/c15-14(16)12-7-6-11(17-12)9-13-8-10-4-2-1-3-5-10/h1-7,9H,8H2. The molecule has 0 aliphatic heterocycles. The molecule has 0 saturated carbocycles. The topological polar surface area (TPSA) is 68.6 Å². The van der Waals surface area contributed by atoms with Gasteiger partial charge in [0.2, 0.25) is 0 Å². The molecule has 1 heterocycles. The van der Waals surface area contributed by atoms with Crippen molar-refractivity contribution < 1.29 is 9.34 Å². The van der Waals surface area contributed by atoms with Crippen LogP contribution in [0.15, 0.2) is 51.9 Å². The van der Waals surface area contributed by atoms with Crippen molar-refractivity contribution in [2.75, 3.05) is 0 Å². The molecule has 0 fully saturated rings. The van der Waals surface area contributed by atoms with Crippen molar-refractivity contribution in [2.45, 2.75) is 6.54 Å². The van der Waals surface area contributed by atoms with E-state index in [9.17, 15) is 10.1 Å². The van der Waals surface area contributed by atoms with Crippen LogP contribution in [0.4, 0.5) is 5.88 Å². The van der Waals surface area contributed by atoms with Crippen molar-refractivity contribution in [3.63, 3.8) is 0 Å². The van der Waals surface area contributed by atoms with Gasteiger partial charge in [0.15, 0.2) is 5.76 Å². The fraction of sp³-hybridized carbons (Fsp3) is 0.0833. The predicted molar refractivity (Wildman–Crippen MR) is 63.1 cm³/mol. The molecule has 0 amide bonds. The first kappa shape index (κ1) is 11.1. The smallest absolute Gasteiger partial charge is 0.400 e. The Morgan fingerprint density at radius 1 is 1.24 bits per heavy atom. The fourth-order valence-corrected chi connectivity index (χ4v) is 1.33. The van der Waals surface area contributed by atoms with Crippen LogP contribution >= 0.6 is 0 Å². The van der Waals surface area contributed by atoms with Gasteiger partial charge in [-0.1, -0.05) is 30.3 Å². The number of nitrogens with zero attached hydrogens (tertiary/aromatic N) is 2. The Bertz CT molecular complexity index is 532. The van der Waals surface area contributed by atoms with E-state index in [-0.39, 0.29) is 5.88 Å². The Morgan fingerprint density at radius 2 is 2.00 bits per heavy atom. The molecule has 17 heavy (non-hydrogen) atoms. The SMILES string of the molecule is O=[N+]([O-])c1ccc(C=NCc2ccccc2)o1. The van der Waals surface area contributed by atoms with Gasteiger partial charge in [-0.3, -0.25) is 15.1 Å². The fourth-order valence-electron chi connectivity index (χ4n) is 1.33. The summed E-state index contributed by atoms with van der Waals surface area (Å²) in [5.41, 5.74) is 1.07. The zero-order valence-electron chi connectivity index (χ0n) is 8.95. The molecular formula is C12H10N2O3. The zero-order valence-corrected chi connectivity index (χ0v) is 8.95. The average Bonchev–Trinajstić information content (AvgIpc) is 2.79. The van der Waals surface area contributed by atoms with E-state index < -0.39 is 4.92 Å². The first-order chi connectivity index (χ1) is 8.25. The van der Waals surface area contributed by atoms with Crippen LogP contribution in [0.2, 0.25) is 0 Å². The summed E-state index contributed by atoms with van der Waals surface area (Å²) in [5, 5.41) is 10.4. The monoisotopic (exact) mass is 230 g/mol. The number of nitro groups is 1. The van der Waals surface area contributed by atoms with Gasteiger partial charge in [-0.2, -0.15) is 0 Å². The summed E-state index contributed by atoms with van der Waals surface area (Å²) in [7, 11) is 0. The maximum atomic E-state index is 10.4. The third kappa shape index (κ3) is 3.01. The highest BCUT2D eigenvalue weighted by Crippen LogP contribution is 2.14. The molecule has 5 heteroatoms. The normalized spacial score (nSPS) is 10.8. The van der Waals surface area contributed by atoms with E-state index in [1.165, 1.54) is 18.3 Å². The molecule has 5 nitrogen and oxygen atoms in total. The second-order valence-electron chi connectivity index (χ2n) is 3.39. The largest absolute Gasteiger partial charge is 0.433 e. The summed E-state index contributed by atoms with van der Waals surface area (Å²) >= 11 is 0. The van der Waals surface area contributed by atoms with Crippen molar-refractivity contribution in [1.82, 2.24) is 0 Å². The summed E-state index contributed by atoms with van der Waals surface area (Å²) in [6, 6.07) is 12.6. The Hall–Kier alpha value is -2.43. The van der Waals surface area contributed by atoms with Crippen molar-refractivity contribution >= 4 is 12.1 Å². The van der Waals surface area contributed by atoms with E-state index in [0.29, 0.717) is 12.3 Å². The van der Waals surface area contributed by atoms with E-state index in [1.807, 2.05) is 30.3 Å². The molecule has 0 N–H and O–H groups in total. The van der Waals surface area contributed by atoms with E-state index in [0.717, 1.165) is 5.56 Å². The van der Waals surface area contributed by atoms with Crippen LogP contribution in [0, 0.1) is 10.1 Å². The number of benzene rings is 1. The predicted octanol–water partition coefficient (Wildman–Crippen LogP) is 2.81. The van der Waals surface area contributed by atoms with Gasteiger partial charge in [0.05, 0.1) is 18.8 Å². The van der Waals surface area contributed by atoms with Gasteiger partial charge in [0, 0.05) is 0 Å². The lowest BCUT2D eigenvalue weighted by Crippen LogP contribution is -1.84. The van der Waals surface area contributed by atoms with Crippen LogP contribution in [0.25, 0.3) is 0 Å². The molecule has 0 bridgehead atoms. The maximum absolute atomic E-state index is 10.4. The van der Waals surface area contributed by atoms with Crippen LogP contribution in [0.3, 0.4) is 0 Å². The first-order valence-electron chi connectivity index (χ1n) is 5.04. The summed E-state index contributed by atoms with van der Waals surface area (Å²) in [5.74, 6) is 0.110. The molecule has 0 atom stereocenters. The number of hydrogen-bond acceptors (Lipinski definition) is 4. The first-order valence-corrected chi connectivity index (χ1v) is 5.04. The summed E-state index contributed by atoms with van der Waals surface area (Å²) in [4.78, 5) is 13.9. The average molecular weight is 230 g/mol. The molecule has 0 aliphatic carbocycles. The summed E-state index contributed by atoms with van der Waals surface area (Å²) in [6.07, 6.45) is 1.49. The Kier molecular flexibility index (Phi) is 3.30. The minimum atomic E-state index is -0.575. The molecule has 0 saturated heterocycles. The number of rotatable bonds is 4. The van der Waals surface area contributed by atoms with Crippen LogP contribution < -0.4 is 0 Å². The Labute approximate surface area is 97.6 Å². The maximum Gasteiger partial charge on any atom is 0.433 e. The van der Waals surface area contributed by atoms with Crippen LogP contribution in [-0.4, -0.2) is 11.1 Å². The molecular weight excluding hydrogens is 220 g/mol. The molecule has 2 aromatic rings. The van der Waals surface area contributed by atoms with Crippen LogP contribution in [-0.2, 0) is 6.54 Å². The minimum Gasteiger partial charge on any atom is -0.400 e. The van der Waals surface area contributed by atoms with Gasteiger partial charge in [0.25, 0.3) is 0 Å². The van der Waals surface area contributed by atoms with Gasteiger partial charge >= 0.3 is 5.88 Å². The summed E-state index contributed by atoms with van der Waals surface area (Å²) in [6.45, 7) is 0.523. The number of hydrogen-bond donors (Lipinski definition) is 0. The quantitative estimate of drug-likeness (QED) is 0.460. The molecule has 0 unspecified atom stereocenters. The minimum absolute atomic E-state index is 0.272. The van der Waals surface area contributed by atoms with Gasteiger partial charge in [0.1, 0.15) is 4.92 Å². The number of furan rings is 1. The van der Waals surface area contributed by atoms with Gasteiger partial charge in [-0.25, -0.2) is 0 Å². The lowest BCUT2D eigenvalue weighted by Gasteiger charge is -1.93. The molecule has 86 valence electrons. The van der Waals surface area contributed by atoms with Gasteiger partial charge in [-0.05, 0) is 11.6 Å². The lowest BCUT2D eigenvalue weighted by atomic mass is 10.2. The highest BCUT2D eigenvalue weighted by molar-refractivity contribution is 5.76. The lowest BCUT2D eigenvalue weighted by molar-refractivity contribution is -0.402. The van der Waals surface area contributed by atoms with E-state index >= 15 is 0 Å². The van der Waals surface area contributed by atoms with E-state index in [1.54, 1.807) is 0 Å². The highest BCUT2D eigenvalue weighted by Gasteiger charge is 2.09. The van der Waals surface area contributed by atoms with Crippen LogP contribution in [0.5, 0.6) is 0 Å². The third-order valence-electron chi connectivity index (χ3n) is 2.13. The summed E-state index contributed by atoms with van der Waals surface area (Å²) < 4.78 is 4.93. The second kappa shape index (κ2) is 5.07. The van der Waals surface area contributed by atoms with Gasteiger partial charge in [-0.15, -0.1) is 0 Å². The van der Waals surface area contributed by atoms with Crippen molar-refractivity contribution in [3.05, 3.63) is 63.9 Å². The molecule has 2 rings (SSSR count). The van der Waals surface area contributed by atoms with Crippen LogP contribution in [0.1, 0.15) is 11.3 Å². The Morgan fingerprint density at radius 3 is 2.65 bits per heavy atom. The van der Waals surface area contributed by atoms with E-state index in [4.69, 9.17) is 4.42 Å². The Balaban J connectivity index is 1.98. The molecule has 0 aliphatic rings. The molecule has 0 radical (unpaired) electrons. The highest BCUT2D eigenvalue weighted by atomic mass is 16.6. The third-order valence-corrected chi connectivity index (χ3v) is 2.13. The second-order valence-corrected chi connectivity index (χ2v) is 3.39. The van der Waals surface area contributed by atoms with Crippen molar-refractivity contribution in [3.8, 4) is 0 Å². The van der Waals surface area contributed by atoms with Crippen molar-refractivity contribution in [2.24, 2.45) is 4.99 Å². The molecule has 0 spiro atoms. The zero-order chi connectivity index (χ0) is 12.1. The molecule has 1 aromatic carbocycles. The number of aliphatic imine (C=N–C) groups is 1. The molecule has 1 aromatic heterocycles. The van der Waals surface area contributed by atoms with Gasteiger partial charge < -0.3 is 4.42 Å². The van der Waals surface area contributed by atoms with Crippen molar-refractivity contribution in [1.29, 1.82) is 0 Å².